The van der Waals surface area contributed by atoms with Gasteiger partial charge in [0.2, 0.25) is 0 Å². The van der Waals surface area contributed by atoms with Crippen LogP contribution < -0.4 is 5.43 Å². The minimum atomic E-state index is -1.54. The van der Waals surface area contributed by atoms with Crippen LogP contribution >= 0.6 is 0 Å². The van der Waals surface area contributed by atoms with Crippen LogP contribution in [0.25, 0.3) is 0 Å². The van der Waals surface area contributed by atoms with Gasteiger partial charge < -0.3 is 25.5 Å². The highest BCUT2D eigenvalue weighted by Crippen LogP contribution is 2.39. The molecule has 0 saturated carbocycles. The number of hydrogen-bond donors (Lipinski definition) is 4. The summed E-state index contributed by atoms with van der Waals surface area (Å²) in [5.41, 5.74) is 5.69. The third kappa shape index (κ3) is 2.13. The predicted octanol–water partition coefficient (Wildman–Crippen LogP) is -0.950. The quantitative estimate of drug-likeness (QED) is 0.522. The zero-order valence-corrected chi connectivity index (χ0v) is 12.8. The fourth-order valence-electron chi connectivity index (χ4n) is 3.61. The maximum atomic E-state index is 10.6. The molecule has 23 heavy (non-hydrogen) atoms. The molecule has 4 rings (SSSR count). The summed E-state index contributed by atoms with van der Waals surface area (Å²) in [4.78, 5) is 0. The van der Waals surface area contributed by atoms with Gasteiger partial charge in [0.15, 0.2) is 6.23 Å². The van der Waals surface area contributed by atoms with Crippen LogP contribution in [-0.4, -0.2) is 69.4 Å². The van der Waals surface area contributed by atoms with Gasteiger partial charge in [-0.1, -0.05) is 0 Å². The molecule has 4 aliphatic rings. The molecule has 124 valence electrons. The van der Waals surface area contributed by atoms with E-state index in [0.29, 0.717) is 6.54 Å². The molecular weight excluding hydrogens is 300 g/mol. The maximum Gasteiger partial charge on any atom is 0.181 e. The standard InChI is InChI=1S/C15H20N4O4/c1-15(22)13(21)11(7-20)23-14(15)19-6-9-3-2-8-4-16-17-5-10(18-19)12(8)9/h5-6,11,13-14,16,20-22H,2-4,7H2,1H3/t11-,13-,14-,15-/m1/s1. The topological polar surface area (TPSA) is 110 Å². The molecule has 3 aliphatic heterocycles. The molecule has 0 bridgehead atoms. The molecule has 0 aromatic carbocycles. The van der Waals surface area contributed by atoms with Crippen LogP contribution in [0, 0.1) is 0 Å². The van der Waals surface area contributed by atoms with Gasteiger partial charge >= 0.3 is 0 Å². The van der Waals surface area contributed by atoms with Gasteiger partial charge in [-0.15, -0.1) is 0 Å². The number of allylic oxidation sites excluding steroid dienone is 2. The second-order valence-corrected chi connectivity index (χ2v) is 6.47. The maximum absolute atomic E-state index is 10.6. The van der Waals surface area contributed by atoms with Crippen molar-refractivity contribution < 1.29 is 20.1 Å². The summed E-state index contributed by atoms with van der Waals surface area (Å²) in [6, 6.07) is 0. The minimum absolute atomic E-state index is 0.366. The Labute approximate surface area is 133 Å². The van der Waals surface area contributed by atoms with Crippen molar-refractivity contribution in [2.45, 2.75) is 43.8 Å². The average Bonchev–Trinajstić information content (AvgIpc) is 2.94. The molecular formula is C15H20N4O4. The highest BCUT2D eigenvalue weighted by Gasteiger charge is 2.54. The summed E-state index contributed by atoms with van der Waals surface area (Å²) in [5, 5.41) is 40.3. The first-order valence-corrected chi connectivity index (χ1v) is 7.75. The monoisotopic (exact) mass is 320 g/mol. The molecule has 4 N–H and O–H groups in total. The van der Waals surface area contributed by atoms with E-state index in [-0.39, 0.29) is 6.61 Å². The van der Waals surface area contributed by atoms with Crippen molar-refractivity contribution in [3.05, 3.63) is 22.9 Å². The molecule has 1 fully saturated rings. The van der Waals surface area contributed by atoms with E-state index < -0.39 is 24.0 Å². The van der Waals surface area contributed by atoms with E-state index in [4.69, 9.17) is 4.74 Å². The van der Waals surface area contributed by atoms with Crippen molar-refractivity contribution in [2.24, 2.45) is 10.2 Å². The van der Waals surface area contributed by atoms with Gasteiger partial charge in [-0.2, -0.15) is 10.2 Å². The van der Waals surface area contributed by atoms with E-state index in [1.54, 1.807) is 6.21 Å². The Morgan fingerprint density at radius 3 is 3.04 bits per heavy atom. The van der Waals surface area contributed by atoms with E-state index in [2.05, 4.69) is 15.6 Å². The Morgan fingerprint density at radius 1 is 1.48 bits per heavy atom. The number of rotatable bonds is 2. The lowest BCUT2D eigenvalue weighted by molar-refractivity contribution is -0.120. The molecule has 8 heteroatoms. The molecule has 0 spiro atoms. The van der Waals surface area contributed by atoms with Crippen molar-refractivity contribution in [1.82, 2.24) is 10.4 Å². The van der Waals surface area contributed by atoms with Crippen LogP contribution in [0.1, 0.15) is 19.8 Å². The van der Waals surface area contributed by atoms with Gasteiger partial charge in [-0.05, 0) is 30.9 Å². The van der Waals surface area contributed by atoms with E-state index in [0.717, 1.165) is 29.7 Å². The van der Waals surface area contributed by atoms with Crippen molar-refractivity contribution in [1.29, 1.82) is 0 Å². The number of hydrazone groups is 2. The van der Waals surface area contributed by atoms with Gasteiger partial charge in [0.25, 0.3) is 0 Å². The summed E-state index contributed by atoms with van der Waals surface area (Å²) in [6.07, 6.45) is 2.48. The van der Waals surface area contributed by atoms with Gasteiger partial charge in [0.05, 0.1) is 19.4 Å². The highest BCUT2D eigenvalue weighted by atomic mass is 16.6. The fraction of sp³-hybridized carbons (Fsp3) is 0.600. The Bertz CT molecular complexity index is 652. The Hall–Kier alpha value is -1.74. The lowest BCUT2D eigenvalue weighted by atomic mass is 9.96. The van der Waals surface area contributed by atoms with Crippen LogP contribution in [0.4, 0.5) is 0 Å². The SMILES string of the molecule is C[C@@]1(O)[C@H](O)[C@@H](CO)O[C@H]1N1C=C2CCC3=C2C(=N1)C=NNC3. The molecule has 0 unspecified atom stereocenters. The molecule has 0 radical (unpaired) electrons. The zero-order chi connectivity index (χ0) is 16.2. The Balaban J connectivity index is 1.71. The van der Waals surface area contributed by atoms with E-state index in [1.807, 2.05) is 6.20 Å². The van der Waals surface area contributed by atoms with Crippen LogP contribution in [0.2, 0.25) is 0 Å². The number of aliphatic hydroxyl groups is 3. The van der Waals surface area contributed by atoms with Crippen LogP contribution in [-0.2, 0) is 4.74 Å². The average molecular weight is 320 g/mol. The molecule has 4 atom stereocenters. The Kier molecular flexibility index (Phi) is 3.31. The van der Waals surface area contributed by atoms with Crippen molar-refractivity contribution in [2.75, 3.05) is 13.2 Å². The first kappa shape index (κ1) is 14.8. The second kappa shape index (κ2) is 5.13. The number of hydrogen-bond acceptors (Lipinski definition) is 8. The predicted molar refractivity (Wildman–Crippen MR) is 82.5 cm³/mol. The van der Waals surface area contributed by atoms with E-state index in [1.165, 1.54) is 17.5 Å². The lowest BCUT2D eigenvalue weighted by Gasteiger charge is -2.34. The third-order valence-corrected chi connectivity index (χ3v) is 4.88. The molecule has 3 heterocycles. The fourth-order valence-corrected chi connectivity index (χ4v) is 3.61. The first-order valence-electron chi connectivity index (χ1n) is 7.75. The lowest BCUT2D eigenvalue weighted by Crippen LogP contribution is -2.51. The minimum Gasteiger partial charge on any atom is -0.394 e. The summed E-state index contributed by atoms with van der Waals surface area (Å²) in [6.45, 7) is 1.84. The molecule has 1 aliphatic carbocycles. The summed E-state index contributed by atoms with van der Waals surface area (Å²) in [5.74, 6) is 0. The van der Waals surface area contributed by atoms with Crippen LogP contribution in [0.15, 0.2) is 33.1 Å². The number of nitrogens with one attached hydrogen (secondary N) is 1. The number of aliphatic hydroxyl groups excluding tert-OH is 2. The van der Waals surface area contributed by atoms with E-state index >= 15 is 0 Å². The number of ether oxygens (including phenoxy) is 1. The molecule has 0 amide bonds. The third-order valence-electron chi connectivity index (χ3n) is 4.88. The van der Waals surface area contributed by atoms with Crippen molar-refractivity contribution in [3.63, 3.8) is 0 Å². The molecule has 1 saturated heterocycles. The second-order valence-electron chi connectivity index (χ2n) is 6.47. The zero-order valence-electron chi connectivity index (χ0n) is 12.8. The molecule has 0 aromatic heterocycles. The van der Waals surface area contributed by atoms with Crippen molar-refractivity contribution >= 4 is 11.9 Å². The smallest absolute Gasteiger partial charge is 0.181 e. The summed E-state index contributed by atoms with van der Waals surface area (Å²) >= 11 is 0. The van der Waals surface area contributed by atoms with Gasteiger partial charge in [0.1, 0.15) is 23.5 Å². The largest absolute Gasteiger partial charge is 0.394 e. The molecule has 0 aromatic rings. The van der Waals surface area contributed by atoms with Crippen LogP contribution in [0.5, 0.6) is 0 Å². The Morgan fingerprint density at radius 2 is 2.30 bits per heavy atom. The van der Waals surface area contributed by atoms with E-state index in [9.17, 15) is 15.3 Å². The number of nitrogens with zero attached hydrogens (tertiary/aromatic N) is 3. The van der Waals surface area contributed by atoms with Crippen molar-refractivity contribution in [3.8, 4) is 0 Å². The highest BCUT2D eigenvalue weighted by molar-refractivity contribution is 6.40. The molecule has 8 nitrogen and oxygen atoms in total. The normalized spacial score (nSPS) is 39.0. The summed E-state index contributed by atoms with van der Waals surface area (Å²) < 4.78 is 5.64. The van der Waals surface area contributed by atoms with Crippen LogP contribution in [0.3, 0.4) is 0 Å². The van der Waals surface area contributed by atoms with Gasteiger partial charge in [0, 0.05) is 11.8 Å². The van der Waals surface area contributed by atoms with Gasteiger partial charge in [-0.25, -0.2) is 5.01 Å². The van der Waals surface area contributed by atoms with Gasteiger partial charge in [-0.3, -0.25) is 0 Å². The first-order chi connectivity index (χ1) is 11.0. The summed E-state index contributed by atoms with van der Waals surface area (Å²) in [7, 11) is 0.